The van der Waals surface area contributed by atoms with E-state index in [4.69, 9.17) is 10.8 Å². The standard InChI is InChI=1S/C10H18N2O3/c1-7(11)8(13)12-6-10(9(14)15)4-2-3-5-10/h7H,2-6,11H2,1H3,(H,12,13)(H,14,15). The van der Waals surface area contributed by atoms with Crippen molar-refractivity contribution in [3.8, 4) is 0 Å². The Balaban J connectivity index is 2.53. The largest absolute Gasteiger partial charge is 0.481 e. The van der Waals surface area contributed by atoms with E-state index in [1.807, 2.05) is 0 Å². The van der Waals surface area contributed by atoms with Crippen LogP contribution in [0.2, 0.25) is 0 Å². The second kappa shape index (κ2) is 4.61. The molecule has 1 aliphatic carbocycles. The molecule has 0 saturated heterocycles. The van der Waals surface area contributed by atoms with Crippen LogP contribution in [0.1, 0.15) is 32.6 Å². The molecule has 1 atom stereocenters. The fourth-order valence-electron chi connectivity index (χ4n) is 1.94. The van der Waals surface area contributed by atoms with Crippen LogP contribution in [-0.4, -0.2) is 29.6 Å². The summed E-state index contributed by atoms with van der Waals surface area (Å²) in [6.07, 6.45) is 3.11. The number of hydrogen-bond donors (Lipinski definition) is 3. The van der Waals surface area contributed by atoms with Gasteiger partial charge in [0.25, 0.3) is 0 Å². The zero-order valence-electron chi connectivity index (χ0n) is 8.95. The predicted molar refractivity (Wildman–Crippen MR) is 55.2 cm³/mol. The normalized spacial score (nSPS) is 20.9. The van der Waals surface area contributed by atoms with Crippen LogP contribution < -0.4 is 11.1 Å². The highest BCUT2D eigenvalue weighted by Crippen LogP contribution is 2.37. The summed E-state index contributed by atoms with van der Waals surface area (Å²) in [5.74, 6) is -1.10. The van der Waals surface area contributed by atoms with Crippen molar-refractivity contribution in [2.24, 2.45) is 11.1 Å². The molecule has 1 fully saturated rings. The number of carbonyl (C=O) groups is 2. The van der Waals surface area contributed by atoms with Crippen LogP contribution in [0.3, 0.4) is 0 Å². The Morgan fingerprint density at radius 3 is 2.40 bits per heavy atom. The second-order valence-corrected chi connectivity index (χ2v) is 4.30. The Kier molecular flexibility index (Phi) is 3.68. The molecule has 1 unspecified atom stereocenters. The Hall–Kier alpha value is -1.10. The molecular weight excluding hydrogens is 196 g/mol. The minimum atomic E-state index is -0.815. The Morgan fingerprint density at radius 2 is 2.00 bits per heavy atom. The van der Waals surface area contributed by atoms with Gasteiger partial charge in [-0.05, 0) is 19.8 Å². The van der Waals surface area contributed by atoms with E-state index in [0.717, 1.165) is 12.8 Å². The first-order chi connectivity index (χ1) is 6.98. The van der Waals surface area contributed by atoms with Gasteiger partial charge in [0.05, 0.1) is 11.5 Å². The first-order valence-corrected chi connectivity index (χ1v) is 5.25. The minimum Gasteiger partial charge on any atom is -0.481 e. The van der Waals surface area contributed by atoms with Crippen molar-refractivity contribution in [1.29, 1.82) is 0 Å². The molecule has 5 nitrogen and oxygen atoms in total. The number of hydrogen-bond acceptors (Lipinski definition) is 3. The number of carboxylic acid groups (broad SMARTS) is 1. The average Bonchev–Trinajstić information content (AvgIpc) is 2.63. The first kappa shape index (κ1) is 12.0. The van der Waals surface area contributed by atoms with Crippen molar-refractivity contribution < 1.29 is 14.7 Å². The highest BCUT2D eigenvalue weighted by molar-refractivity contribution is 5.82. The first-order valence-electron chi connectivity index (χ1n) is 5.25. The molecule has 0 aliphatic heterocycles. The number of amides is 1. The summed E-state index contributed by atoms with van der Waals surface area (Å²) in [4.78, 5) is 22.4. The van der Waals surface area contributed by atoms with Crippen LogP contribution >= 0.6 is 0 Å². The van der Waals surface area contributed by atoms with Crippen LogP contribution in [-0.2, 0) is 9.59 Å². The summed E-state index contributed by atoms with van der Waals surface area (Å²) in [5.41, 5.74) is 4.62. The third-order valence-corrected chi connectivity index (χ3v) is 3.03. The molecule has 86 valence electrons. The molecule has 1 saturated carbocycles. The van der Waals surface area contributed by atoms with Crippen LogP contribution in [0, 0.1) is 5.41 Å². The topological polar surface area (TPSA) is 92.4 Å². The maximum Gasteiger partial charge on any atom is 0.311 e. The molecule has 1 amide bonds. The van der Waals surface area contributed by atoms with Gasteiger partial charge < -0.3 is 16.2 Å². The van der Waals surface area contributed by atoms with Gasteiger partial charge in [-0.2, -0.15) is 0 Å². The molecule has 0 aromatic carbocycles. The number of rotatable bonds is 4. The van der Waals surface area contributed by atoms with Crippen molar-refractivity contribution in [2.45, 2.75) is 38.6 Å². The lowest BCUT2D eigenvalue weighted by atomic mass is 9.86. The number of nitrogens with one attached hydrogen (secondary N) is 1. The molecule has 0 spiro atoms. The van der Waals surface area contributed by atoms with Crippen molar-refractivity contribution in [2.75, 3.05) is 6.54 Å². The van der Waals surface area contributed by atoms with Gasteiger partial charge in [-0.15, -0.1) is 0 Å². The van der Waals surface area contributed by atoms with Crippen molar-refractivity contribution in [3.05, 3.63) is 0 Å². The third kappa shape index (κ3) is 2.68. The van der Waals surface area contributed by atoms with E-state index in [0.29, 0.717) is 12.8 Å². The van der Waals surface area contributed by atoms with Gasteiger partial charge in [0, 0.05) is 6.54 Å². The van der Waals surface area contributed by atoms with E-state index < -0.39 is 17.4 Å². The number of nitrogens with two attached hydrogens (primary N) is 1. The molecule has 0 aromatic heterocycles. The Bertz CT molecular complexity index is 257. The molecule has 0 radical (unpaired) electrons. The van der Waals surface area contributed by atoms with Gasteiger partial charge in [-0.25, -0.2) is 0 Å². The maximum absolute atomic E-state index is 11.2. The van der Waals surface area contributed by atoms with Gasteiger partial charge in [0.15, 0.2) is 0 Å². The summed E-state index contributed by atoms with van der Waals surface area (Å²) >= 11 is 0. The van der Waals surface area contributed by atoms with Crippen LogP contribution in [0.15, 0.2) is 0 Å². The average molecular weight is 214 g/mol. The van der Waals surface area contributed by atoms with Crippen LogP contribution in [0.5, 0.6) is 0 Å². The van der Waals surface area contributed by atoms with Crippen LogP contribution in [0.25, 0.3) is 0 Å². The van der Waals surface area contributed by atoms with Crippen LogP contribution in [0.4, 0.5) is 0 Å². The summed E-state index contributed by atoms with van der Waals surface area (Å²) < 4.78 is 0. The number of carbonyl (C=O) groups excluding carboxylic acids is 1. The van der Waals surface area contributed by atoms with Gasteiger partial charge in [-0.3, -0.25) is 9.59 Å². The highest BCUT2D eigenvalue weighted by Gasteiger charge is 2.41. The van der Waals surface area contributed by atoms with E-state index >= 15 is 0 Å². The zero-order valence-corrected chi connectivity index (χ0v) is 8.95. The summed E-state index contributed by atoms with van der Waals surface area (Å²) in [7, 11) is 0. The van der Waals surface area contributed by atoms with Gasteiger partial charge in [0.1, 0.15) is 0 Å². The maximum atomic E-state index is 11.2. The van der Waals surface area contributed by atoms with Crippen molar-refractivity contribution in [1.82, 2.24) is 5.32 Å². The lowest BCUT2D eigenvalue weighted by Crippen LogP contribution is -2.46. The molecule has 0 aromatic rings. The molecule has 0 heterocycles. The van der Waals surface area contributed by atoms with Crippen molar-refractivity contribution >= 4 is 11.9 Å². The fourth-order valence-corrected chi connectivity index (χ4v) is 1.94. The number of carboxylic acids is 1. The monoisotopic (exact) mass is 214 g/mol. The third-order valence-electron chi connectivity index (χ3n) is 3.03. The van der Waals surface area contributed by atoms with E-state index in [1.165, 1.54) is 0 Å². The quantitative estimate of drug-likeness (QED) is 0.618. The van der Waals surface area contributed by atoms with E-state index in [2.05, 4.69) is 5.32 Å². The second-order valence-electron chi connectivity index (χ2n) is 4.30. The van der Waals surface area contributed by atoms with E-state index in [1.54, 1.807) is 6.92 Å². The van der Waals surface area contributed by atoms with Crippen molar-refractivity contribution in [3.63, 3.8) is 0 Å². The lowest BCUT2D eigenvalue weighted by Gasteiger charge is -2.24. The summed E-state index contributed by atoms with van der Waals surface area (Å²) in [6.45, 7) is 1.78. The SMILES string of the molecule is CC(N)C(=O)NCC1(C(=O)O)CCCC1. The predicted octanol–water partition coefficient (Wildman–Crippen LogP) is 0.0948. The summed E-state index contributed by atoms with van der Waals surface area (Å²) in [6, 6.07) is -0.586. The molecule has 4 N–H and O–H groups in total. The smallest absolute Gasteiger partial charge is 0.311 e. The molecule has 0 bridgehead atoms. The highest BCUT2D eigenvalue weighted by atomic mass is 16.4. The summed E-state index contributed by atoms with van der Waals surface area (Å²) in [5, 5.41) is 11.7. The van der Waals surface area contributed by atoms with E-state index in [9.17, 15) is 9.59 Å². The van der Waals surface area contributed by atoms with Gasteiger partial charge in [0.2, 0.25) is 5.91 Å². The fraction of sp³-hybridized carbons (Fsp3) is 0.800. The minimum absolute atomic E-state index is 0.197. The zero-order chi connectivity index (χ0) is 11.5. The molecule has 15 heavy (non-hydrogen) atoms. The van der Waals surface area contributed by atoms with Gasteiger partial charge in [-0.1, -0.05) is 12.8 Å². The van der Waals surface area contributed by atoms with Gasteiger partial charge >= 0.3 is 5.97 Å². The van der Waals surface area contributed by atoms with E-state index in [-0.39, 0.29) is 12.5 Å². The molecular formula is C10H18N2O3. The Labute approximate surface area is 89.0 Å². The lowest BCUT2D eigenvalue weighted by molar-refractivity contribution is -0.148. The molecule has 1 aliphatic rings. The molecule has 1 rings (SSSR count). The number of aliphatic carboxylic acids is 1. The Morgan fingerprint density at radius 1 is 1.47 bits per heavy atom. The molecule has 5 heteroatoms.